The molecule has 0 atom stereocenters. The van der Waals surface area contributed by atoms with Gasteiger partial charge in [-0.1, -0.05) is 31.2 Å². The van der Waals surface area contributed by atoms with Crippen LogP contribution < -0.4 is 5.56 Å². The van der Waals surface area contributed by atoms with Crippen molar-refractivity contribution in [2.24, 2.45) is 0 Å². The van der Waals surface area contributed by atoms with Gasteiger partial charge in [0.15, 0.2) is 0 Å². The quantitative estimate of drug-likeness (QED) is 0.848. The number of H-pyrrole nitrogens is 1. The third-order valence-electron chi connectivity index (χ3n) is 2.58. The van der Waals surface area contributed by atoms with Crippen molar-refractivity contribution in [3.63, 3.8) is 0 Å². The number of nitrogens with zero attached hydrogens (tertiary/aromatic N) is 1. The Kier molecular flexibility index (Phi) is 3.15. The van der Waals surface area contributed by atoms with Gasteiger partial charge < -0.3 is 4.98 Å². The minimum atomic E-state index is -0.109. The van der Waals surface area contributed by atoms with Gasteiger partial charge in [-0.2, -0.15) is 0 Å². The first-order valence-corrected chi connectivity index (χ1v) is 5.40. The van der Waals surface area contributed by atoms with E-state index >= 15 is 0 Å². The molecule has 1 heterocycles. The molecule has 2 aromatic rings. The van der Waals surface area contributed by atoms with E-state index in [1.165, 1.54) is 5.56 Å². The summed E-state index contributed by atoms with van der Waals surface area (Å²) in [6.45, 7) is 2.12. The van der Waals surface area contributed by atoms with Gasteiger partial charge in [0.25, 0.3) is 5.56 Å². The smallest absolute Gasteiger partial charge is 0.269 e. The van der Waals surface area contributed by atoms with E-state index in [-0.39, 0.29) is 5.56 Å². The van der Waals surface area contributed by atoms with E-state index in [1.54, 1.807) is 12.4 Å². The van der Waals surface area contributed by atoms with E-state index in [1.807, 2.05) is 12.1 Å². The van der Waals surface area contributed by atoms with Crippen molar-refractivity contribution in [1.82, 2.24) is 9.97 Å². The second-order valence-corrected chi connectivity index (χ2v) is 3.71. The minimum absolute atomic E-state index is 0.109. The van der Waals surface area contributed by atoms with Crippen molar-refractivity contribution >= 4 is 0 Å². The molecule has 0 aliphatic rings. The zero-order valence-electron chi connectivity index (χ0n) is 9.23. The van der Waals surface area contributed by atoms with Crippen LogP contribution in [0, 0.1) is 0 Å². The fourth-order valence-corrected chi connectivity index (χ4v) is 1.59. The normalized spacial score (nSPS) is 10.3. The van der Waals surface area contributed by atoms with Crippen LogP contribution in [0.1, 0.15) is 23.7 Å². The number of nitrogens with one attached hydrogen (secondary N) is 1. The van der Waals surface area contributed by atoms with Crippen LogP contribution in [0.2, 0.25) is 0 Å². The molecular formula is C13H14N2O. The molecule has 0 unspecified atom stereocenters. The van der Waals surface area contributed by atoms with Gasteiger partial charge in [-0.05, 0) is 17.5 Å². The van der Waals surface area contributed by atoms with E-state index in [2.05, 4.69) is 29.0 Å². The molecule has 0 aliphatic carbocycles. The summed E-state index contributed by atoms with van der Waals surface area (Å²) in [6.07, 6.45) is 4.77. The van der Waals surface area contributed by atoms with E-state index in [4.69, 9.17) is 0 Å². The van der Waals surface area contributed by atoms with Crippen molar-refractivity contribution in [2.75, 3.05) is 0 Å². The predicted octanol–water partition coefficient (Wildman–Crippen LogP) is 1.92. The number of benzene rings is 1. The molecule has 82 valence electrons. The molecule has 16 heavy (non-hydrogen) atoms. The molecule has 1 N–H and O–H groups in total. The van der Waals surface area contributed by atoms with Crippen molar-refractivity contribution in [3.8, 4) is 0 Å². The Bertz CT molecular complexity index is 514. The second-order valence-electron chi connectivity index (χ2n) is 3.71. The number of aryl methyl sites for hydroxylation is 1. The molecule has 3 nitrogen and oxygen atoms in total. The molecule has 0 saturated heterocycles. The fraction of sp³-hybridized carbons (Fsp3) is 0.231. The van der Waals surface area contributed by atoms with E-state index in [0.29, 0.717) is 12.1 Å². The van der Waals surface area contributed by atoms with Crippen molar-refractivity contribution < 1.29 is 0 Å². The molecule has 1 aromatic carbocycles. The highest BCUT2D eigenvalue weighted by molar-refractivity contribution is 5.25. The Morgan fingerprint density at radius 2 is 1.88 bits per heavy atom. The van der Waals surface area contributed by atoms with Crippen molar-refractivity contribution in [3.05, 3.63) is 63.8 Å². The minimum Gasteiger partial charge on any atom is -0.326 e. The highest BCUT2D eigenvalue weighted by Crippen LogP contribution is 2.07. The molecule has 0 fully saturated rings. The van der Waals surface area contributed by atoms with Crippen LogP contribution in [-0.2, 0) is 12.8 Å². The lowest BCUT2D eigenvalue weighted by atomic mass is 10.1. The van der Waals surface area contributed by atoms with Crippen LogP contribution in [-0.4, -0.2) is 9.97 Å². The second kappa shape index (κ2) is 4.75. The highest BCUT2D eigenvalue weighted by Gasteiger charge is 2.01. The monoisotopic (exact) mass is 214 g/mol. The number of rotatable bonds is 3. The summed E-state index contributed by atoms with van der Waals surface area (Å²) in [5, 5.41) is 0. The van der Waals surface area contributed by atoms with Crippen LogP contribution >= 0.6 is 0 Å². The lowest BCUT2D eigenvalue weighted by molar-refractivity contribution is 0.987. The Balaban J connectivity index is 2.21. The summed E-state index contributed by atoms with van der Waals surface area (Å²) in [5.41, 5.74) is 2.87. The lowest BCUT2D eigenvalue weighted by Crippen LogP contribution is -2.13. The molecule has 1 aromatic heterocycles. The number of hydrogen-bond donors (Lipinski definition) is 1. The first-order valence-electron chi connectivity index (χ1n) is 5.40. The zero-order chi connectivity index (χ0) is 11.4. The van der Waals surface area contributed by atoms with Crippen molar-refractivity contribution in [2.45, 2.75) is 19.8 Å². The maximum Gasteiger partial charge on any atom is 0.269 e. The van der Waals surface area contributed by atoms with Crippen LogP contribution in [0.3, 0.4) is 0 Å². The average Bonchev–Trinajstić information content (AvgIpc) is 2.33. The van der Waals surface area contributed by atoms with Gasteiger partial charge in [0.1, 0.15) is 5.69 Å². The summed E-state index contributed by atoms with van der Waals surface area (Å²) in [5.74, 6) is 0. The van der Waals surface area contributed by atoms with Crippen LogP contribution in [0.25, 0.3) is 0 Å². The molecule has 0 spiro atoms. The van der Waals surface area contributed by atoms with Gasteiger partial charge in [-0.25, -0.2) is 0 Å². The van der Waals surface area contributed by atoms with E-state index in [9.17, 15) is 4.79 Å². The molecular weight excluding hydrogens is 200 g/mol. The van der Waals surface area contributed by atoms with Gasteiger partial charge in [0, 0.05) is 18.8 Å². The van der Waals surface area contributed by atoms with Gasteiger partial charge in [-0.15, -0.1) is 0 Å². The van der Waals surface area contributed by atoms with E-state index < -0.39 is 0 Å². The molecule has 3 heteroatoms. The van der Waals surface area contributed by atoms with Gasteiger partial charge >= 0.3 is 0 Å². The largest absolute Gasteiger partial charge is 0.326 e. The molecule has 2 rings (SSSR count). The summed E-state index contributed by atoms with van der Waals surface area (Å²) < 4.78 is 0. The van der Waals surface area contributed by atoms with Gasteiger partial charge in [-0.3, -0.25) is 9.78 Å². The standard InChI is InChI=1S/C13H14N2O/c1-2-10-3-5-11(6-4-10)9-12-13(16)15-8-7-14-12/h3-8H,2,9H2,1H3,(H,15,16). The Morgan fingerprint density at radius 1 is 1.19 bits per heavy atom. The molecule has 0 aliphatic heterocycles. The first kappa shape index (κ1) is 10.6. The summed E-state index contributed by atoms with van der Waals surface area (Å²) in [4.78, 5) is 18.1. The predicted molar refractivity (Wildman–Crippen MR) is 63.5 cm³/mol. The maximum absolute atomic E-state index is 11.4. The molecule has 0 amide bonds. The summed E-state index contributed by atoms with van der Waals surface area (Å²) in [7, 11) is 0. The molecule has 0 saturated carbocycles. The number of aromatic amines is 1. The van der Waals surface area contributed by atoms with E-state index in [0.717, 1.165) is 12.0 Å². The highest BCUT2D eigenvalue weighted by atomic mass is 16.1. The molecule has 0 radical (unpaired) electrons. The van der Waals surface area contributed by atoms with Crippen LogP contribution in [0.5, 0.6) is 0 Å². The third kappa shape index (κ3) is 2.37. The number of aromatic nitrogens is 2. The average molecular weight is 214 g/mol. The van der Waals surface area contributed by atoms with Gasteiger partial charge in [0.2, 0.25) is 0 Å². The first-order chi connectivity index (χ1) is 7.79. The maximum atomic E-state index is 11.4. The zero-order valence-corrected chi connectivity index (χ0v) is 9.23. The lowest BCUT2D eigenvalue weighted by Gasteiger charge is -2.01. The van der Waals surface area contributed by atoms with Crippen LogP contribution in [0.4, 0.5) is 0 Å². The van der Waals surface area contributed by atoms with Crippen LogP contribution in [0.15, 0.2) is 41.5 Å². The van der Waals surface area contributed by atoms with Crippen molar-refractivity contribution in [1.29, 1.82) is 0 Å². The Labute approximate surface area is 94.2 Å². The number of hydrogen-bond acceptors (Lipinski definition) is 2. The summed E-state index contributed by atoms with van der Waals surface area (Å²) in [6, 6.07) is 8.28. The SMILES string of the molecule is CCc1ccc(Cc2ncc[nH]c2=O)cc1. The third-order valence-corrected chi connectivity index (χ3v) is 2.58. The Hall–Kier alpha value is -1.90. The topological polar surface area (TPSA) is 45.8 Å². The Morgan fingerprint density at radius 3 is 2.50 bits per heavy atom. The summed E-state index contributed by atoms with van der Waals surface area (Å²) >= 11 is 0. The fourth-order valence-electron chi connectivity index (χ4n) is 1.59. The van der Waals surface area contributed by atoms with Gasteiger partial charge in [0.05, 0.1) is 0 Å². The molecule has 0 bridgehead atoms.